The molecule has 0 radical (unpaired) electrons. The van der Waals surface area contributed by atoms with Crippen molar-refractivity contribution in [2.45, 2.75) is 45.3 Å². The smallest absolute Gasteiger partial charge is 0.408 e. The highest BCUT2D eigenvalue weighted by Crippen LogP contribution is 2.24. The second-order valence-corrected chi connectivity index (χ2v) is 7.64. The molecule has 1 heterocycles. The molecule has 1 aromatic heterocycles. The van der Waals surface area contributed by atoms with Crippen molar-refractivity contribution in [3.05, 3.63) is 47.7 Å². The Morgan fingerprint density at radius 1 is 1.07 bits per heavy atom. The summed E-state index contributed by atoms with van der Waals surface area (Å²) < 4.78 is 15.5. The molecule has 0 spiro atoms. The molecule has 0 saturated heterocycles. The van der Waals surface area contributed by atoms with Crippen LogP contribution in [0.2, 0.25) is 0 Å². The first-order valence-corrected chi connectivity index (χ1v) is 8.80. The standard InChI is InChI=1S/C21H25NO6/c1-20(2,3)28-19(25)22-21(4,18(24)26-5)12-14-6-8-15(9-7-14)17-11-10-16(13-23)27-17/h6-11,13H,12H2,1-5H3,(H,22,25)/t21-/m1/s1. The Labute approximate surface area is 164 Å². The molecule has 1 N–H and O–H groups in total. The third-order valence-corrected chi connectivity index (χ3v) is 3.95. The molecule has 28 heavy (non-hydrogen) atoms. The quantitative estimate of drug-likeness (QED) is 0.599. The normalized spacial score (nSPS) is 13.3. The van der Waals surface area contributed by atoms with E-state index in [-0.39, 0.29) is 12.2 Å². The van der Waals surface area contributed by atoms with Crippen LogP contribution in [-0.2, 0) is 20.7 Å². The van der Waals surface area contributed by atoms with Crippen molar-refractivity contribution < 1.29 is 28.3 Å². The predicted octanol–water partition coefficient (Wildman–Crippen LogP) is 3.76. The first kappa shape index (κ1) is 21.2. The minimum Gasteiger partial charge on any atom is -0.467 e. The largest absolute Gasteiger partial charge is 0.467 e. The molecule has 150 valence electrons. The van der Waals surface area contributed by atoms with Crippen LogP contribution in [0.5, 0.6) is 0 Å². The van der Waals surface area contributed by atoms with Gasteiger partial charge < -0.3 is 19.2 Å². The van der Waals surface area contributed by atoms with Crippen molar-refractivity contribution in [2.24, 2.45) is 0 Å². The Morgan fingerprint density at radius 3 is 2.21 bits per heavy atom. The predicted molar refractivity (Wildman–Crippen MR) is 103 cm³/mol. The van der Waals surface area contributed by atoms with Gasteiger partial charge in [0.15, 0.2) is 12.0 Å². The summed E-state index contributed by atoms with van der Waals surface area (Å²) in [6, 6.07) is 10.6. The minimum atomic E-state index is -1.30. The van der Waals surface area contributed by atoms with Crippen LogP contribution < -0.4 is 5.32 Å². The molecule has 0 saturated carbocycles. The zero-order chi connectivity index (χ0) is 20.9. The third-order valence-electron chi connectivity index (χ3n) is 3.95. The topological polar surface area (TPSA) is 94.8 Å². The zero-order valence-electron chi connectivity index (χ0n) is 16.7. The molecule has 7 nitrogen and oxygen atoms in total. The van der Waals surface area contributed by atoms with Crippen molar-refractivity contribution in [3.8, 4) is 11.3 Å². The molecule has 1 amide bonds. The van der Waals surface area contributed by atoms with Crippen LogP contribution in [0.1, 0.15) is 43.8 Å². The van der Waals surface area contributed by atoms with Crippen LogP contribution in [0.3, 0.4) is 0 Å². The summed E-state index contributed by atoms with van der Waals surface area (Å²) in [6.45, 7) is 6.81. The van der Waals surface area contributed by atoms with Crippen molar-refractivity contribution in [1.29, 1.82) is 0 Å². The number of rotatable bonds is 6. The Balaban J connectivity index is 2.18. The number of amides is 1. The number of carbonyl (C=O) groups excluding carboxylic acids is 3. The summed E-state index contributed by atoms with van der Waals surface area (Å²) >= 11 is 0. The first-order chi connectivity index (χ1) is 13.1. The molecular formula is C21H25NO6. The maximum atomic E-state index is 12.3. The molecule has 0 fully saturated rings. The van der Waals surface area contributed by atoms with Gasteiger partial charge in [0.05, 0.1) is 7.11 Å². The lowest BCUT2D eigenvalue weighted by Gasteiger charge is -2.29. The van der Waals surface area contributed by atoms with Gasteiger partial charge in [0.1, 0.15) is 16.9 Å². The highest BCUT2D eigenvalue weighted by Gasteiger charge is 2.37. The maximum Gasteiger partial charge on any atom is 0.408 e. The Kier molecular flexibility index (Phi) is 6.28. The summed E-state index contributed by atoms with van der Waals surface area (Å²) in [4.78, 5) is 35.2. The molecule has 1 atom stereocenters. The lowest BCUT2D eigenvalue weighted by molar-refractivity contribution is -0.147. The van der Waals surface area contributed by atoms with Crippen molar-refractivity contribution in [2.75, 3.05) is 7.11 Å². The first-order valence-electron chi connectivity index (χ1n) is 8.80. The molecule has 0 bridgehead atoms. The van der Waals surface area contributed by atoms with Gasteiger partial charge >= 0.3 is 12.1 Å². The lowest BCUT2D eigenvalue weighted by Crippen LogP contribution is -2.55. The minimum absolute atomic E-state index is 0.205. The van der Waals surface area contributed by atoms with Gasteiger partial charge in [-0.1, -0.05) is 24.3 Å². The monoisotopic (exact) mass is 387 g/mol. The molecule has 0 aliphatic carbocycles. The summed E-state index contributed by atoms with van der Waals surface area (Å²) in [6.07, 6.45) is 0.146. The second kappa shape index (κ2) is 8.29. The molecular weight excluding hydrogens is 362 g/mol. The van der Waals surface area contributed by atoms with E-state index in [0.29, 0.717) is 12.0 Å². The average Bonchev–Trinajstić information content (AvgIpc) is 3.09. The number of methoxy groups -OCH3 is 1. The van der Waals surface area contributed by atoms with E-state index in [1.54, 1.807) is 39.8 Å². The van der Waals surface area contributed by atoms with E-state index in [4.69, 9.17) is 13.9 Å². The molecule has 2 aromatic rings. The molecule has 0 unspecified atom stereocenters. The van der Waals surface area contributed by atoms with Crippen LogP contribution in [0.25, 0.3) is 11.3 Å². The van der Waals surface area contributed by atoms with Gasteiger partial charge in [-0.2, -0.15) is 0 Å². The fraction of sp³-hybridized carbons (Fsp3) is 0.381. The summed E-state index contributed by atoms with van der Waals surface area (Å²) in [7, 11) is 1.27. The fourth-order valence-electron chi connectivity index (χ4n) is 2.69. The molecule has 1 aromatic carbocycles. The fourth-order valence-corrected chi connectivity index (χ4v) is 2.69. The van der Waals surface area contributed by atoms with Gasteiger partial charge in [0.25, 0.3) is 0 Å². The van der Waals surface area contributed by atoms with Crippen LogP contribution in [0.15, 0.2) is 40.8 Å². The van der Waals surface area contributed by atoms with Gasteiger partial charge in [-0.25, -0.2) is 9.59 Å². The molecule has 0 aliphatic rings. The van der Waals surface area contributed by atoms with E-state index >= 15 is 0 Å². The molecule has 7 heteroatoms. The number of esters is 1. The lowest BCUT2D eigenvalue weighted by atomic mass is 9.92. The Hall–Kier alpha value is -3.09. The van der Waals surface area contributed by atoms with Crippen LogP contribution in [0, 0.1) is 0 Å². The van der Waals surface area contributed by atoms with E-state index in [2.05, 4.69) is 5.32 Å². The molecule has 0 aliphatic heterocycles. The zero-order valence-corrected chi connectivity index (χ0v) is 16.7. The van der Waals surface area contributed by atoms with Gasteiger partial charge in [-0.15, -0.1) is 0 Å². The van der Waals surface area contributed by atoms with E-state index in [1.807, 2.05) is 24.3 Å². The number of carbonyl (C=O) groups is 3. The van der Waals surface area contributed by atoms with E-state index in [0.717, 1.165) is 11.1 Å². The summed E-state index contributed by atoms with van der Waals surface area (Å²) in [5.74, 6) is 0.235. The number of alkyl carbamates (subject to hydrolysis) is 1. The summed E-state index contributed by atoms with van der Waals surface area (Å²) in [5, 5.41) is 2.61. The van der Waals surface area contributed by atoms with E-state index in [1.165, 1.54) is 7.11 Å². The number of hydrogen-bond donors (Lipinski definition) is 1. The average molecular weight is 387 g/mol. The Morgan fingerprint density at radius 2 is 1.71 bits per heavy atom. The number of aldehydes is 1. The van der Waals surface area contributed by atoms with Gasteiger partial charge in [0, 0.05) is 12.0 Å². The van der Waals surface area contributed by atoms with E-state index in [9.17, 15) is 14.4 Å². The van der Waals surface area contributed by atoms with Crippen LogP contribution >= 0.6 is 0 Å². The number of benzene rings is 1. The molecule has 2 rings (SSSR count). The number of furan rings is 1. The Bertz CT molecular complexity index is 847. The third kappa shape index (κ3) is 5.45. The maximum absolute atomic E-state index is 12.3. The highest BCUT2D eigenvalue weighted by atomic mass is 16.6. The van der Waals surface area contributed by atoms with E-state index < -0.39 is 23.2 Å². The highest BCUT2D eigenvalue weighted by molar-refractivity contribution is 5.85. The van der Waals surface area contributed by atoms with Crippen molar-refractivity contribution in [1.82, 2.24) is 5.32 Å². The number of hydrogen-bond acceptors (Lipinski definition) is 6. The van der Waals surface area contributed by atoms with Crippen molar-refractivity contribution in [3.63, 3.8) is 0 Å². The van der Waals surface area contributed by atoms with Crippen LogP contribution in [0.4, 0.5) is 4.79 Å². The second-order valence-electron chi connectivity index (χ2n) is 7.64. The van der Waals surface area contributed by atoms with Gasteiger partial charge in [-0.3, -0.25) is 4.79 Å². The van der Waals surface area contributed by atoms with Crippen LogP contribution in [-0.4, -0.2) is 36.6 Å². The number of ether oxygens (including phenoxy) is 2. The number of nitrogens with one attached hydrogen (secondary N) is 1. The SMILES string of the molecule is COC(=O)[C@@](C)(Cc1ccc(-c2ccc(C=O)o2)cc1)NC(=O)OC(C)(C)C. The summed E-state index contributed by atoms with van der Waals surface area (Å²) in [5.41, 5.74) is -0.397. The van der Waals surface area contributed by atoms with Gasteiger partial charge in [-0.05, 0) is 45.4 Å². The van der Waals surface area contributed by atoms with Gasteiger partial charge in [0.2, 0.25) is 0 Å². The van der Waals surface area contributed by atoms with Crippen molar-refractivity contribution >= 4 is 18.3 Å².